The summed E-state index contributed by atoms with van der Waals surface area (Å²) >= 11 is 0. The average Bonchev–Trinajstić information content (AvgIpc) is 3.15. The van der Waals surface area contributed by atoms with Crippen molar-refractivity contribution >= 4 is 23.5 Å². The highest BCUT2D eigenvalue weighted by Gasteiger charge is 2.27. The van der Waals surface area contributed by atoms with E-state index in [2.05, 4.69) is 15.6 Å². The number of carbonyl (C=O) groups excluding carboxylic acids is 3. The van der Waals surface area contributed by atoms with Gasteiger partial charge in [0.1, 0.15) is 6.54 Å². The van der Waals surface area contributed by atoms with Crippen molar-refractivity contribution in [2.24, 2.45) is 0 Å². The molecule has 1 aromatic carbocycles. The molecule has 0 fully saturated rings. The van der Waals surface area contributed by atoms with Crippen LogP contribution in [0.15, 0.2) is 30.5 Å². The van der Waals surface area contributed by atoms with Crippen LogP contribution in [0.3, 0.4) is 0 Å². The fourth-order valence-corrected chi connectivity index (χ4v) is 2.66. The molecule has 0 aliphatic carbocycles. The normalized spacial score (nSPS) is 11.6. The van der Waals surface area contributed by atoms with Gasteiger partial charge < -0.3 is 15.0 Å². The van der Waals surface area contributed by atoms with Crippen LogP contribution in [0.2, 0.25) is 0 Å². The Bertz CT molecular complexity index is 970. The van der Waals surface area contributed by atoms with Crippen LogP contribution in [-0.4, -0.2) is 62.8 Å². The molecule has 0 saturated heterocycles. The van der Waals surface area contributed by atoms with Crippen molar-refractivity contribution in [1.82, 2.24) is 25.2 Å². The minimum Gasteiger partial charge on any atom is -0.463 e. The lowest BCUT2D eigenvalue weighted by molar-refractivity contribution is -0.385. The Hall–Kier alpha value is -3.83. The van der Waals surface area contributed by atoms with Crippen molar-refractivity contribution in [3.63, 3.8) is 0 Å². The maximum absolute atomic E-state index is 12.7. The second-order valence-electron chi connectivity index (χ2n) is 7.17. The van der Waals surface area contributed by atoms with Gasteiger partial charge in [0.05, 0.1) is 35.3 Å². The Morgan fingerprint density at radius 2 is 1.94 bits per heavy atom. The van der Waals surface area contributed by atoms with Crippen molar-refractivity contribution in [1.29, 1.82) is 0 Å². The monoisotopic (exact) mass is 432 g/mol. The number of carbonyl (C=O) groups is 3. The van der Waals surface area contributed by atoms with Gasteiger partial charge in [-0.05, 0) is 13.8 Å². The number of hydrogen-bond acceptors (Lipinski definition) is 8. The fraction of sp³-hybridized carbons (Fsp3) is 0.421. The molecule has 1 atom stereocenters. The maximum atomic E-state index is 12.7. The molecule has 12 heteroatoms. The zero-order valence-corrected chi connectivity index (χ0v) is 17.6. The molecule has 0 saturated carbocycles. The molecule has 0 radical (unpaired) electrons. The average molecular weight is 432 g/mol. The Labute approximate surface area is 178 Å². The zero-order valence-electron chi connectivity index (χ0n) is 17.6. The fourth-order valence-electron chi connectivity index (χ4n) is 2.66. The van der Waals surface area contributed by atoms with Gasteiger partial charge in [0.15, 0.2) is 5.69 Å². The number of likely N-dealkylation sites (N-methyl/N-ethyl adjacent to an activating group) is 1. The number of hydrogen-bond donors (Lipinski definition) is 1. The quantitative estimate of drug-likeness (QED) is 0.351. The summed E-state index contributed by atoms with van der Waals surface area (Å²) in [4.78, 5) is 48.9. The van der Waals surface area contributed by atoms with Crippen LogP contribution < -0.4 is 5.32 Å². The summed E-state index contributed by atoms with van der Waals surface area (Å²) in [7, 11) is 3.17. The molecule has 1 heterocycles. The molecular weight excluding hydrogens is 408 g/mol. The number of nitro groups is 1. The highest BCUT2D eigenvalue weighted by Crippen LogP contribution is 2.27. The van der Waals surface area contributed by atoms with E-state index in [1.807, 2.05) is 0 Å². The number of nitrogens with zero attached hydrogens (tertiary/aromatic N) is 5. The van der Waals surface area contributed by atoms with Gasteiger partial charge in [0, 0.05) is 20.2 Å². The van der Waals surface area contributed by atoms with Gasteiger partial charge in [-0.2, -0.15) is 0 Å². The molecule has 166 valence electrons. The molecule has 0 bridgehead atoms. The van der Waals surface area contributed by atoms with E-state index in [-0.39, 0.29) is 41.9 Å². The predicted octanol–water partition coefficient (Wildman–Crippen LogP) is 1.09. The predicted molar refractivity (Wildman–Crippen MR) is 108 cm³/mol. The summed E-state index contributed by atoms with van der Waals surface area (Å²) in [6.07, 6.45) is 0.575. The van der Waals surface area contributed by atoms with E-state index >= 15 is 0 Å². The van der Waals surface area contributed by atoms with Crippen LogP contribution in [-0.2, 0) is 20.9 Å². The molecule has 2 aromatic rings. The third-order valence-corrected chi connectivity index (χ3v) is 4.12. The van der Waals surface area contributed by atoms with Gasteiger partial charge in [-0.15, -0.1) is 5.10 Å². The Morgan fingerprint density at radius 1 is 1.26 bits per heavy atom. The highest BCUT2D eigenvalue weighted by atomic mass is 16.6. The number of benzene rings is 1. The standard InChI is InChI=1S/C19H24N6O6/c1-12(2)31-18(27)9-14(13-7-5-6-8-16(13)25(29)30)20-19(28)15-10-24(22-21-15)11-17(26)23(3)4/h5-8,10,12,14H,9,11H2,1-4H3,(H,20,28). The molecule has 12 nitrogen and oxygen atoms in total. The van der Waals surface area contributed by atoms with Crippen LogP contribution >= 0.6 is 0 Å². The van der Waals surface area contributed by atoms with Crippen molar-refractivity contribution in [3.05, 3.63) is 51.8 Å². The van der Waals surface area contributed by atoms with E-state index < -0.39 is 22.8 Å². The molecule has 0 aliphatic rings. The van der Waals surface area contributed by atoms with E-state index in [1.54, 1.807) is 34.0 Å². The Kier molecular flexibility index (Phi) is 7.77. The van der Waals surface area contributed by atoms with Gasteiger partial charge in [-0.3, -0.25) is 24.5 Å². The number of esters is 1. The van der Waals surface area contributed by atoms with Gasteiger partial charge in [-0.25, -0.2) is 4.68 Å². The molecule has 0 spiro atoms. The van der Waals surface area contributed by atoms with E-state index in [9.17, 15) is 24.5 Å². The van der Waals surface area contributed by atoms with Gasteiger partial charge in [-0.1, -0.05) is 23.4 Å². The number of aromatic nitrogens is 3. The molecule has 1 N–H and O–H groups in total. The summed E-state index contributed by atoms with van der Waals surface area (Å²) < 4.78 is 6.32. The van der Waals surface area contributed by atoms with Crippen molar-refractivity contribution < 1.29 is 24.0 Å². The maximum Gasteiger partial charge on any atom is 0.308 e. The second kappa shape index (κ2) is 10.3. The molecule has 0 aliphatic heterocycles. The van der Waals surface area contributed by atoms with Crippen LogP contribution in [0.5, 0.6) is 0 Å². The number of ether oxygens (including phenoxy) is 1. The lowest BCUT2D eigenvalue weighted by atomic mass is 10.0. The zero-order chi connectivity index (χ0) is 23.1. The summed E-state index contributed by atoms with van der Waals surface area (Å²) in [5, 5.41) is 21.5. The van der Waals surface area contributed by atoms with Crippen molar-refractivity contribution in [2.75, 3.05) is 14.1 Å². The smallest absolute Gasteiger partial charge is 0.308 e. The molecule has 2 amide bonds. The van der Waals surface area contributed by atoms with Crippen LogP contribution in [0, 0.1) is 10.1 Å². The van der Waals surface area contributed by atoms with Gasteiger partial charge in [0.25, 0.3) is 11.6 Å². The van der Waals surface area contributed by atoms with Crippen molar-refractivity contribution in [3.8, 4) is 0 Å². The number of nitrogens with one attached hydrogen (secondary N) is 1. The number of rotatable bonds is 9. The first-order valence-electron chi connectivity index (χ1n) is 9.42. The third kappa shape index (κ3) is 6.59. The number of para-hydroxylation sites is 1. The lowest BCUT2D eigenvalue weighted by Crippen LogP contribution is -2.32. The molecule has 31 heavy (non-hydrogen) atoms. The summed E-state index contributed by atoms with van der Waals surface area (Å²) in [5.74, 6) is -1.58. The number of amides is 2. The SMILES string of the molecule is CC(C)OC(=O)CC(NC(=O)c1cn(CC(=O)N(C)C)nn1)c1ccccc1[N+](=O)[O-]. The van der Waals surface area contributed by atoms with Crippen molar-refractivity contribution in [2.45, 2.75) is 39.0 Å². The topological polar surface area (TPSA) is 150 Å². The Balaban J connectivity index is 2.26. The molecular formula is C19H24N6O6. The largest absolute Gasteiger partial charge is 0.463 e. The van der Waals surface area contributed by atoms with Crippen LogP contribution in [0.1, 0.15) is 42.4 Å². The van der Waals surface area contributed by atoms with E-state index in [0.717, 1.165) is 0 Å². The van der Waals surface area contributed by atoms with Crippen LogP contribution in [0.25, 0.3) is 0 Å². The first-order chi connectivity index (χ1) is 14.6. The Morgan fingerprint density at radius 3 is 2.55 bits per heavy atom. The molecule has 1 unspecified atom stereocenters. The minimum absolute atomic E-state index is 0.104. The van der Waals surface area contributed by atoms with E-state index in [1.165, 1.54) is 34.0 Å². The van der Waals surface area contributed by atoms with Gasteiger partial charge in [0.2, 0.25) is 5.91 Å². The minimum atomic E-state index is -1.03. The third-order valence-electron chi connectivity index (χ3n) is 4.12. The van der Waals surface area contributed by atoms with E-state index in [4.69, 9.17) is 4.74 Å². The van der Waals surface area contributed by atoms with Crippen LogP contribution in [0.4, 0.5) is 5.69 Å². The highest BCUT2D eigenvalue weighted by molar-refractivity contribution is 5.92. The summed E-state index contributed by atoms with van der Waals surface area (Å²) in [6.45, 7) is 3.23. The first kappa shape index (κ1) is 23.4. The second-order valence-corrected chi connectivity index (χ2v) is 7.17. The first-order valence-corrected chi connectivity index (χ1v) is 9.42. The lowest BCUT2D eigenvalue weighted by Gasteiger charge is -2.18. The van der Waals surface area contributed by atoms with E-state index in [0.29, 0.717) is 0 Å². The molecule has 2 rings (SSSR count). The summed E-state index contributed by atoms with van der Waals surface area (Å²) in [5.41, 5.74) is -0.200. The molecule has 1 aromatic heterocycles. The summed E-state index contributed by atoms with van der Waals surface area (Å²) in [6, 6.07) is 4.76. The number of nitro benzene ring substituents is 1. The van der Waals surface area contributed by atoms with Gasteiger partial charge >= 0.3 is 5.97 Å².